The zero-order chi connectivity index (χ0) is 20.1. The molecular weight excluding hydrogens is 363 g/mol. The monoisotopic (exact) mass is 408 g/mol. The van der Waals surface area contributed by atoms with Crippen LogP contribution in [-0.4, -0.2) is 18.5 Å². The maximum absolute atomic E-state index is 11.8. The minimum Gasteiger partial charge on any atom is -0.285 e. The highest BCUT2D eigenvalue weighted by Crippen LogP contribution is 2.48. The lowest BCUT2D eigenvalue weighted by Gasteiger charge is -2.13. The highest BCUT2D eigenvalue weighted by atomic mass is 31.2. The van der Waals surface area contributed by atoms with Crippen LogP contribution < -0.4 is 0 Å². The zero-order valence-electron chi connectivity index (χ0n) is 18.0. The van der Waals surface area contributed by atoms with Gasteiger partial charge in [0.1, 0.15) is 0 Å². The summed E-state index contributed by atoms with van der Waals surface area (Å²) in [5, 5.41) is 8.63. The summed E-state index contributed by atoms with van der Waals surface area (Å²) >= 11 is 0. The lowest BCUT2D eigenvalue weighted by molar-refractivity contribution is -0.166. The minimum atomic E-state index is -3.75. The van der Waals surface area contributed by atoms with Gasteiger partial charge in [0.2, 0.25) is 0 Å². The molecule has 1 atom stereocenters. The van der Waals surface area contributed by atoms with Gasteiger partial charge in [-0.2, -0.15) is 0 Å². The van der Waals surface area contributed by atoms with E-state index in [1.165, 1.54) is 89.9 Å². The minimum absolute atomic E-state index is 0.247. The second kappa shape index (κ2) is 20.8. The summed E-state index contributed by atoms with van der Waals surface area (Å²) < 4.78 is 25.6. The third-order valence-electron chi connectivity index (χ3n) is 4.80. The fourth-order valence-corrected chi connectivity index (χ4v) is 4.04. The molecule has 0 aliphatic rings. The lowest BCUT2D eigenvalue weighted by Crippen LogP contribution is -2.00. The van der Waals surface area contributed by atoms with Gasteiger partial charge in [0.15, 0.2) is 0 Å². The van der Waals surface area contributed by atoms with Crippen LogP contribution >= 0.6 is 7.82 Å². The van der Waals surface area contributed by atoms with Crippen LogP contribution in [0.15, 0.2) is 0 Å². The molecule has 0 aliphatic carbocycles. The number of hydrogen-bond donors (Lipinski definition) is 1. The van der Waals surface area contributed by atoms with Crippen LogP contribution in [0.5, 0.6) is 0 Å². The summed E-state index contributed by atoms with van der Waals surface area (Å²) in [6.07, 6.45) is 21.6. The van der Waals surface area contributed by atoms with E-state index in [1.807, 2.05) is 6.92 Å². The van der Waals surface area contributed by atoms with E-state index >= 15 is 0 Å². The Balaban J connectivity index is 3.24. The molecule has 6 heteroatoms. The summed E-state index contributed by atoms with van der Waals surface area (Å²) in [4.78, 5) is 0. The third kappa shape index (κ3) is 19.2. The second-order valence-electron chi connectivity index (χ2n) is 7.50. The fraction of sp³-hybridized carbons (Fsp3) is 1.00. The first kappa shape index (κ1) is 27.1. The molecule has 27 heavy (non-hydrogen) atoms. The van der Waals surface area contributed by atoms with E-state index in [4.69, 9.17) is 14.3 Å². The van der Waals surface area contributed by atoms with Crippen molar-refractivity contribution in [3.63, 3.8) is 0 Å². The van der Waals surface area contributed by atoms with Gasteiger partial charge in [-0.3, -0.25) is 9.05 Å². The van der Waals surface area contributed by atoms with Crippen molar-refractivity contribution in [2.24, 2.45) is 0 Å². The highest BCUT2D eigenvalue weighted by Gasteiger charge is 2.26. The Hall–Kier alpha value is 0.0700. The van der Waals surface area contributed by atoms with Gasteiger partial charge in [0.05, 0.1) is 13.2 Å². The number of phosphoric ester groups is 1. The van der Waals surface area contributed by atoms with E-state index in [0.29, 0.717) is 13.0 Å². The Labute approximate surface area is 168 Å². The van der Waals surface area contributed by atoms with Gasteiger partial charge in [-0.1, -0.05) is 110 Å². The normalized spacial score (nSPS) is 13.7. The Morgan fingerprint density at radius 1 is 0.556 bits per heavy atom. The lowest BCUT2D eigenvalue weighted by atomic mass is 10.0. The van der Waals surface area contributed by atoms with Gasteiger partial charge in [-0.15, -0.1) is 4.67 Å². The highest BCUT2D eigenvalue weighted by molar-refractivity contribution is 7.48. The fourth-order valence-electron chi connectivity index (χ4n) is 3.11. The molecule has 5 nitrogen and oxygen atoms in total. The van der Waals surface area contributed by atoms with E-state index in [1.54, 1.807) is 0 Å². The summed E-state index contributed by atoms with van der Waals surface area (Å²) in [6.45, 7) is 4.69. The standard InChI is InChI=1S/C21H45O5P/c1-3-5-6-7-8-9-10-11-12-13-14-15-16-17-18-19-21-25-27(23,26-22)24-20-4-2/h22H,3-21H2,1-2H3. The van der Waals surface area contributed by atoms with Gasteiger partial charge >= 0.3 is 7.82 Å². The average molecular weight is 409 g/mol. The Morgan fingerprint density at radius 2 is 0.926 bits per heavy atom. The quantitative estimate of drug-likeness (QED) is 0.0844. The van der Waals surface area contributed by atoms with Crippen LogP contribution in [0.4, 0.5) is 0 Å². The molecule has 0 heterocycles. The number of hydrogen-bond acceptors (Lipinski definition) is 5. The molecule has 1 unspecified atom stereocenters. The average Bonchev–Trinajstić information content (AvgIpc) is 2.68. The molecule has 0 rings (SSSR count). The van der Waals surface area contributed by atoms with Crippen molar-refractivity contribution in [3.05, 3.63) is 0 Å². The molecule has 0 radical (unpaired) electrons. The first-order valence-electron chi connectivity index (χ1n) is 11.4. The summed E-state index contributed by atoms with van der Waals surface area (Å²) in [5.41, 5.74) is 0. The molecule has 0 aromatic carbocycles. The van der Waals surface area contributed by atoms with Crippen LogP contribution in [0.25, 0.3) is 0 Å². The van der Waals surface area contributed by atoms with Crippen molar-refractivity contribution in [1.82, 2.24) is 0 Å². The third-order valence-corrected chi connectivity index (χ3v) is 6.00. The van der Waals surface area contributed by atoms with Crippen LogP contribution in [-0.2, 0) is 18.3 Å². The molecule has 164 valence electrons. The van der Waals surface area contributed by atoms with Gasteiger partial charge in [-0.05, 0) is 12.8 Å². The van der Waals surface area contributed by atoms with Crippen molar-refractivity contribution < 1.29 is 23.5 Å². The van der Waals surface area contributed by atoms with Crippen LogP contribution in [0, 0.1) is 0 Å². The Morgan fingerprint density at radius 3 is 1.30 bits per heavy atom. The molecule has 0 spiro atoms. The molecule has 0 aromatic rings. The molecule has 0 saturated heterocycles. The Kier molecular flexibility index (Phi) is 20.8. The maximum Gasteiger partial charge on any atom is 0.501 e. The zero-order valence-corrected chi connectivity index (χ0v) is 18.9. The van der Waals surface area contributed by atoms with E-state index < -0.39 is 7.82 Å². The summed E-state index contributed by atoms with van der Waals surface area (Å²) in [7, 11) is -3.75. The number of unbranched alkanes of at least 4 members (excludes halogenated alkanes) is 15. The molecule has 0 fully saturated rings. The molecule has 0 aromatic heterocycles. The van der Waals surface area contributed by atoms with E-state index in [0.717, 1.165) is 12.8 Å². The summed E-state index contributed by atoms with van der Waals surface area (Å²) in [6, 6.07) is 0. The van der Waals surface area contributed by atoms with Gasteiger partial charge in [-0.25, -0.2) is 9.82 Å². The van der Waals surface area contributed by atoms with Crippen molar-refractivity contribution >= 4 is 7.82 Å². The van der Waals surface area contributed by atoms with Gasteiger partial charge < -0.3 is 0 Å². The number of phosphoric acid groups is 1. The summed E-state index contributed by atoms with van der Waals surface area (Å²) in [5.74, 6) is 0. The van der Waals surface area contributed by atoms with E-state index in [-0.39, 0.29) is 6.61 Å². The van der Waals surface area contributed by atoms with Crippen molar-refractivity contribution in [3.8, 4) is 0 Å². The van der Waals surface area contributed by atoms with Crippen LogP contribution in [0.2, 0.25) is 0 Å². The molecule has 0 saturated carbocycles. The van der Waals surface area contributed by atoms with Crippen molar-refractivity contribution in [2.75, 3.05) is 13.2 Å². The largest absolute Gasteiger partial charge is 0.501 e. The first-order chi connectivity index (χ1) is 13.2. The Bertz CT molecular complexity index is 339. The van der Waals surface area contributed by atoms with E-state index in [2.05, 4.69) is 11.6 Å². The SMILES string of the molecule is CCCCCCCCCCCCCCCCCCOP(=O)(OO)OCCC. The molecule has 1 N–H and O–H groups in total. The molecular formula is C21H45O5P. The first-order valence-corrected chi connectivity index (χ1v) is 12.9. The number of rotatable bonds is 22. The van der Waals surface area contributed by atoms with Crippen LogP contribution in [0.1, 0.15) is 123 Å². The van der Waals surface area contributed by atoms with Gasteiger partial charge in [0.25, 0.3) is 0 Å². The molecule has 0 amide bonds. The second-order valence-corrected chi connectivity index (χ2v) is 9.07. The van der Waals surface area contributed by atoms with E-state index in [9.17, 15) is 4.57 Å². The van der Waals surface area contributed by atoms with Crippen molar-refractivity contribution in [1.29, 1.82) is 0 Å². The molecule has 0 bridgehead atoms. The van der Waals surface area contributed by atoms with Crippen molar-refractivity contribution in [2.45, 2.75) is 123 Å². The maximum atomic E-state index is 11.8. The van der Waals surface area contributed by atoms with Crippen LogP contribution in [0.3, 0.4) is 0 Å². The topological polar surface area (TPSA) is 65.0 Å². The predicted molar refractivity (Wildman–Crippen MR) is 113 cm³/mol. The smallest absolute Gasteiger partial charge is 0.285 e. The molecule has 0 aliphatic heterocycles. The van der Waals surface area contributed by atoms with Gasteiger partial charge in [0, 0.05) is 0 Å². The predicted octanol–water partition coefficient (Wildman–Crippen LogP) is 8.29.